The summed E-state index contributed by atoms with van der Waals surface area (Å²) in [4.78, 5) is 4.11. The summed E-state index contributed by atoms with van der Waals surface area (Å²) in [7, 11) is 0. The van der Waals surface area contributed by atoms with Gasteiger partial charge in [-0.25, -0.2) is 0 Å². The Balaban J connectivity index is 2.59. The number of anilines is 1. The predicted octanol–water partition coefficient (Wildman–Crippen LogP) is 3.01. The first kappa shape index (κ1) is 11.6. The van der Waals surface area contributed by atoms with Crippen LogP contribution in [0.15, 0.2) is 29.0 Å². The first-order chi connectivity index (χ1) is 8.06. The molecule has 0 amide bonds. The highest BCUT2D eigenvalue weighted by Gasteiger charge is 2.29. The molecule has 2 aromatic rings. The van der Waals surface area contributed by atoms with Gasteiger partial charge in [0.1, 0.15) is 0 Å². The van der Waals surface area contributed by atoms with Crippen LogP contribution in [0.4, 0.5) is 5.82 Å². The Hall–Kier alpha value is -1.84. The van der Waals surface area contributed by atoms with Gasteiger partial charge >= 0.3 is 0 Å². The van der Waals surface area contributed by atoms with Crippen molar-refractivity contribution in [3.05, 3.63) is 30.3 Å². The first-order valence-corrected chi connectivity index (χ1v) is 5.72. The summed E-state index contributed by atoms with van der Waals surface area (Å²) in [6.07, 6.45) is 4.46. The highest BCUT2D eigenvalue weighted by Crippen LogP contribution is 2.38. The summed E-state index contributed by atoms with van der Waals surface area (Å²) in [6, 6.07) is 3.84. The van der Waals surface area contributed by atoms with Gasteiger partial charge in [-0.05, 0) is 12.5 Å². The van der Waals surface area contributed by atoms with Gasteiger partial charge in [0.05, 0.1) is 5.56 Å². The number of hydrogen-bond donors (Lipinski definition) is 1. The molecule has 0 saturated carbocycles. The Bertz CT molecular complexity index is 503. The van der Waals surface area contributed by atoms with E-state index in [9.17, 15) is 0 Å². The van der Waals surface area contributed by atoms with Gasteiger partial charge in [0, 0.05) is 23.4 Å². The molecule has 2 heterocycles. The quantitative estimate of drug-likeness (QED) is 0.881. The molecule has 0 fully saturated rings. The second kappa shape index (κ2) is 4.20. The average molecular weight is 231 g/mol. The van der Waals surface area contributed by atoms with Gasteiger partial charge < -0.3 is 10.3 Å². The van der Waals surface area contributed by atoms with Crippen molar-refractivity contribution in [2.45, 2.75) is 32.6 Å². The maximum Gasteiger partial charge on any atom is 0.175 e. The van der Waals surface area contributed by atoms with Crippen molar-refractivity contribution < 1.29 is 4.52 Å². The Morgan fingerprint density at radius 2 is 2.18 bits per heavy atom. The van der Waals surface area contributed by atoms with Crippen molar-refractivity contribution in [1.82, 2.24) is 10.1 Å². The number of hydrogen-bond acceptors (Lipinski definition) is 4. The minimum absolute atomic E-state index is 0.0875. The smallest absolute Gasteiger partial charge is 0.175 e. The molecule has 0 radical (unpaired) electrons. The second-order valence-corrected chi connectivity index (χ2v) is 4.75. The molecule has 0 aliphatic carbocycles. The van der Waals surface area contributed by atoms with Crippen LogP contribution in [0.3, 0.4) is 0 Å². The van der Waals surface area contributed by atoms with E-state index >= 15 is 0 Å². The fourth-order valence-corrected chi connectivity index (χ4v) is 1.71. The maximum absolute atomic E-state index is 5.89. The van der Waals surface area contributed by atoms with Crippen molar-refractivity contribution in [2.75, 3.05) is 5.73 Å². The van der Waals surface area contributed by atoms with E-state index in [1.54, 1.807) is 12.4 Å². The van der Waals surface area contributed by atoms with Crippen LogP contribution in [-0.4, -0.2) is 10.1 Å². The van der Waals surface area contributed by atoms with Crippen molar-refractivity contribution >= 4 is 5.82 Å². The van der Waals surface area contributed by atoms with E-state index in [4.69, 9.17) is 10.3 Å². The molecule has 0 aromatic carbocycles. The van der Waals surface area contributed by atoms with Crippen LogP contribution < -0.4 is 5.73 Å². The molecule has 0 aliphatic heterocycles. The number of nitrogen functional groups attached to an aromatic ring is 1. The van der Waals surface area contributed by atoms with Gasteiger partial charge in [-0.3, -0.25) is 4.98 Å². The van der Waals surface area contributed by atoms with Gasteiger partial charge in [0.2, 0.25) is 0 Å². The first-order valence-electron chi connectivity index (χ1n) is 5.72. The summed E-state index contributed by atoms with van der Waals surface area (Å²) in [5.41, 5.74) is 7.62. The van der Waals surface area contributed by atoms with Crippen molar-refractivity contribution in [3.8, 4) is 11.1 Å². The molecule has 4 nitrogen and oxygen atoms in total. The number of aromatic nitrogens is 2. The van der Waals surface area contributed by atoms with Crippen LogP contribution in [0.25, 0.3) is 11.1 Å². The molecule has 0 spiro atoms. The van der Waals surface area contributed by atoms with Crippen molar-refractivity contribution in [1.29, 1.82) is 0 Å². The van der Waals surface area contributed by atoms with E-state index in [0.717, 1.165) is 23.3 Å². The third-order valence-electron chi connectivity index (χ3n) is 3.17. The Kier molecular flexibility index (Phi) is 2.88. The molecule has 0 saturated heterocycles. The van der Waals surface area contributed by atoms with Gasteiger partial charge in [0.15, 0.2) is 11.6 Å². The third kappa shape index (κ3) is 2.02. The van der Waals surface area contributed by atoms with Crippen LogP contribution in [0, 0.1) is 0 Å². The zero-order valence-corrected chi connectivity index (χ0v) is 10.4. The number of nitrogens with two attached hydrogens (primary N) is 1. The zero-order valence-electron chi connectivity index (χ0n) is 10.4. The fraction of sp³-hybridized carbons (Fsp3) is 0.385. The predicted molar refractivity (Wildman–Crippen MR) is 67.5 cm³/mol. The maximum atomic E-state index is 5.89. The number of pyridine rings is 1. The van der Waals surface area contributed by atoms with Crippen LogP contribution >= 0.6 is 0 Å². The summed E-state index contributed by atoms with van der Waals surface area (Å²) >= 11 is 0. The summed E-state index contributed by atoms with van der Waals surface area (Å²) in [5.74, 6) is 1.25. The van der Waals surface area contributed by atoms with Crippen LogP contribution in [0.2, 0.25) is 0 Å². The molecule has 0 unspecified atom stereocenters. The molecule has 2 N–H and O–H groups in total. The van der Waals surface area contributed by atoms with Crippen LogP contribution in [0.5, 0.6) is 0 Å². The van der Waals surface area contributed by atoms with E-state index in [-0.39, 0.29) is 5.41 Å². The fourth-order valence-electron chi connectivity index (χ4n) is 1.71. The van der Waals surface area contributed by atoms with Gasteiger partial charge in [-0.1, -0.05) is 32.0 Å². The number of nitrogens with zero attached hydrogens (tertiary/aromatic N) is 2. The van der Waals surface area contributed by atoms with Crippen LogP contribution in [0.1, 0.15) is 33.0 Å². The lowest BCUT2D eigenvalue weighted by Gasteiger charge is -2.20. The third-order valence-corrected chi connectivity index (χ3v) is 3.17. The van der Waals surface area contributed by atoms with Gasteiger partial charge in [0.25, 0.3) is 0 Å². The molecule has 90 valence electrons. The number of rotatable bonds is 3. The minimum Gasteiger partial charge on any atom is -0.380 e. The lowest BCUT2D eigenvalue weighted by Crippen LogP contribution is -2.15. The molecule has 17 heavy (non-hydrogen) atoms. The molecule has 0 aliphatic rings. The van der Waals surface area contributed by atoms with E-state index in [0.29, 0.717) is 5.82 Å². The largest absolute Gasteiger partial charge is 0.380 e. The highest BCUT2D eigenvalue weighted by molar-refractivity contribution is 5.75. The molecular weight excluding hydrogens is 214 g/mol. The SMILES string of the molecule is CCC(C)(C)c1onc(N)c1-c1cccnc1. The minimum atomic E-state index is -0.0875. The molecule has 2 rings (SSSR count). The molecular formula is C13H17N3O. The summed E-state index contributed by atoms with van der Waals surface area (Å²) < 4.78 is 5.40. The Morgan fingerprint density at radius 3 is 2.76 bits per heavy atom. The van der Waals surface area contributed by atoms with E-state index in [1.165, 1.54) is 0 Å². The summed E-state index contributed by atoms with van der Waals surface area (Å²) in [5, 5.41) is 3.88. The van der Waals surface area contributed by atoms with Gasteiger partial charge in [-0.2, -0.15) is 0 Å². The second-order valence-electron chi connectivity index (χ2n) is 4.75. The van der Waals surface area contributed by atoms with Crippen LogP contribution in [-0.2, 0) is 5.41 Å². The molecule has 4 heteroatoms. The van der Waals surface area contributed by atoms with E-state index in [1.807, 2.05) is 12.1 Å². The molecule has 0 atom stereocenters. The lowest BCUT2D eigenvalue weighted by atomic mass is 9.84. The standard InChI is InChI=1S/C13H17N3O/c1-4-13(2,3)11-10(12(14)16-17-11)9-6-5-7-15-8-9/h5-8H,4H2,1-3H3,(H2,14,16). The van der Waals surface area contributed by atoms with E-state index < -0.39 is 0 Å². The topological polar surface area (TPSA) is 64.9 Å². The van der Waals surface area contributed by atoms with E-state index in [2.05, 4.69) is 30.9 Å². The zero-order chi connectivity index (χ0) is 12.5. The Morgan fingerprint density at radius 1 is 1.41 bits per heavy atom. The molecule has 0 bridgehead atoms. The normalized spacial score (nSPS) is 11.7. The molecule has 2 aromatic heterocycles. The highest BCUT2D eigenvalue weighted by atomic mass is 16.5. The monoisotopic (exact) mass is 231 g/mol. The van der Waals surface area contributed by atoms with Gasteiger partial charge in [-0.15, -0.1) is 0 Å². The Labute approximate surface area is 101 Å². The van der Waals surface area contributed by atoms with Crippen molar-refractivity contribution in [2.24, 2.45) is 0 Å². The average Bonchev–Trinajstić information content (AvgIpc) is 2.73. The summed E-state index contributed by atoms with van der Waals surface area (Å²) in [6.45, 7) is 6.35. The lowest BCUT2D eigenvalue weighted by molar-refractivity contribution is 0.313. The van der Waals surface area contributed by atoms with Crippen molar-refractivity contribution in [3.63, 3.8) is 0 Å².